The fraction of sp³-hybridized carbons (Fsp3) is 0.500. The van der Waals surface area contributed by atoms with E-state index in [1.807, 2.05) is 32.0 Å². The highest BCUT2D eigenvalue weighted by atomic mass is 16.5. The number of hydrogen-bond donors (Lipinski definition) is 1. The minimum atomic E-state index is 0.0436. The van der Waals surface area contributed by atoms with Gasteiger partial charge in [0.2, 0.25) is 0 Å². The van der Waals surface area contributed by atoms with Crippen molar-refractivity contribution in [1.82, 2.24) is 0 Å². The van der Waals surface area contributed by atoms with E-state index in [1.54, 1.807) is 7.11 Å². The molecule has 0 aliphatic carbocycles. The molecule has 15 heavy (non-hydrogen) atoms. The Morgan fingerprint density at radius 2 is 2.13 bits per heavy atom. The zero-order valence-electron chi connectivity index (χ0n) is 9.62. The van der Waals surface area contributed by atoms with Gasteiger partial charge in [-0.05, 0) is 25.5 Å². The van der Waals surface area contributed by atoms with Crippen molar-refractivity contribution in [3.05, 3.63) is 29.3 Å². The molecule has 84 valence electrons. The zero-order valence-corrected chi connectivity index (χ0v) is 9.62. The Morgan fingerprint density at radius 1 is 1.40 bits per heavy atom. The standard InChI is InChI=1S/C12H19NO2/c1-9-4-5-11(7-13)12(6-9)15-10(2)8-14-3/h4-6,10H,7-8,13H2,1-3H3. The molecule has 3 heteroatoms. The largest absolute Gasteiger partial charge is 0.488 e. The summed E-state index contributed by atoms with van der Waals surface area (Å²) in [5.74, 6) is 0.863. The van der Waals surface area contributed by atoms with Gasteiger partial charge in [0.15, 0.2) is 0 Å². The van der Waals surface area contributed by atoms with Crippen LogP contribution in [-0.4, -0.2) is 19.8 Å². The summed E-state index contributed by atoms with van der Waals surface area (Å²) < 4.78 is 10.8. The summed E-state index contributed by atoms with van der Waals surface area (Å²) in [6, 6.07) is 6.05. The van der Waals surface area contributed by atoms with Crippen LogP contribution < -0.4 is 10.5 Å². The average Bonchev–Trinajstić information content (AvgIpc) is 2.18. The molecule has 0 radical (unpaired) electrons. The van der Waals surface area contributed by atoms with E-state index >= 15 is 0 Å². The predicted octanol–water partition coefficient (Wildman–Crippen LogP) is 1.87. The van der Waals surface area contributed by atoms with Crippen molar-refractivity contribution in [2.75, 3.05) is 13.7 Å². The first-order valence-corrected chi connectivity index (χ1v) is 5.12. The van der Waals surface area contributed by atoms with Crippen molar-refractivity contribution < 1.29 is 9.47 Å². The molecule has 0 spiro atoms. The number of nitrogens with two attached hydrogens (primary N) is 1. The summed E-state index contributed by atoms with van der Waals surface area (Å²) >= 11 is 0. The monoisotopic (exact) mass is 209 g/mol. The first kappa shape index (κ1) is 12.0. The van der Waals surface area contributed by atoms with Gasteiger partial charge in [0.05, 0.1) is 6.61 Å². The summed E-state index contributed by atoms with van der Waals surface area (Å²) in [7, 11) is 1.67. The molecule has 1 unspecified atom stereocenters. The Bertz CT molecular complexity index is 312. The second-order valence-corrected chi connectivity index (χ2v) is 3.70. The van der Waals surface area contributed by atoms with Gasteiger partial charge in [-0.2, -0.15) is 0 Å². The molecule has 0 aliphatic heterocycles. The van der Waals surface area contributed by atoms with Crippen LogP contribution in [0.25, 0.3) is 0 Å². The Balaban J connectivity index is 2.77. The maximum absolute atomic E-state index is 5.75. The molecule has 3 nitrogen and oxygen atoms in total. The SMILES string of the molecule is COCC(C)Oc1cc(C)ccc1CN. The Labute approximate surface area is 91.2 Å². The maximum Gasteiger partial charge on any atom is 0.124 e. The first-order valence-electron chi connectivity index (χ1n) is 5.12. The number of ether oxygens (including phenoxy) is 2. The number of benzene rings is 1. The molecular weight excluding hydrogens is 190 g/mol. The van der Waals surface area contributed by atoms with Gasteiger partial charge >= 0.3 is 0 Å². The first-order chi connectivity index (χ1) is 7.17. The lowest BCUT2D eigenvalue weighted by Gasteiger charge is -2.16. The van der Waals surface area contributed by atoms with Gasteiger partial charge in [0.25, 0.3) is 0 Å². The van der Waals surface area contributed by atoms with Crippen LogP contribution in [0.1, 0.15) is 18.1 Å². The van der Waals surface area contributed by atoms with Crippen LogP contribution in [0.15, 0.2) is 18.2 Å². The lowest BCUT2D eigenvalue weighted by molar-refractivity contribution is 0.0914. The molecule has 0 saturated carbocycles. The normalized spacial score (nSPS) is 12.5. The van der Waals surface area contributed by atoms with Crippen molar-refractivity contribution in [2.45, 2.75) is 26.5 Å². The van der Waals surface area contributed by atoms with Gasteiger partial charge in [0, 0.05) is 19.2 Å². The van der Waals surface area contributed by atoms with Gasteiger partial charge in [0.1, 0.15) is 11.9 Å². The number of hydrogen-bond acceptors (Lipinski definition) is 3. The fourth-order valence-electron chi connectivity index (χ4n) is 1.43. The number of aryl methyl sites for hydroxylation is 1. The van der Waals surface area contributed by atoms with E-state index < -0.39 is 0 Å². The van der Waals surface area contributed by atoms with E-state index in [0.29, 0.717) is 13.2 Å². The minimum Gasteiger partial charge on any atom is -0.488 e. The fourth-order valence-corrected chi connectivity index (χ4v) is 1.43. The van der Waals surface area contributed by atoms with Gasteiger partial charge in [-0.1, -0.05) is 12.1 Å². The number of rotatable bonds is 5. The van der Waals surface area contributed by atoms with Crippen molar-refractivity contribution in [3.63, 3.8) is 0 Å². The third-order valence-corrected chi connectivity index (χ3v) is 2.17. The highest BCUT2D eigenvalue weighted by molar-refractivity contribution is 5.37. The molecule has 2 N–H and O–H groups in total. The van der Waals surface area contributed by atoms with Crippen LogP contribution in [-0.2, 0) is 11.3 Å². The Hall–Kier alpha value is -1.06. The molecule has 0 aliphatic rings. The smallest absolute Gasteiger partial charge is 0.124 e. The topological polar surface area (TPSA) is 44.5 Å². The van der Waals surface area contributed by atoms with Crippen molar-refractivity contribution in [1.29, 1.82) is 0 Å². The third-order valence-electron chi connectivity index (χ3n) is 2.17. The van der Waals surface area contributed by atoms with E-state index in [9.17, 15) is 0 Å². The molecule has 0 bridgehead atoms. The summed E-state index contributed by atoms with van der Waals surface area (Å²) in [5.41, 5.74) is 7.84. The molecule has 1 rings (SSSR count). The summed E-state index contributed by atoms with van der Waals surface area (Å²) in [6.07, 6.45) is 0.0436. The highest BCUT2D eigenvalue weighted by Crippen LogP contribution is 2.21. The molecule has 0 saturated heterocycles. The van der Waals surface area contributed by atoms with Crippen LogP contribution in [0.5, 0.6) is 5.75 Å². The second kappa shape index (κ2) is 5.73. The van der Waals surface area contributed by atoms with Crippen LogP contribution in [0.3, 0.4) is 0 Å². The predicted molar refractivity (Wildman–Crippen MR) is 61.0 cm³/mol. The zero-order chi connectivity index (χ0) is 11.3. The van der Waals surface area contributed by atoms with Gasteiger partial charge < -0.3 is 15.2 Å². The van der Waals surface area contributed by atoms with Crippen molar-refractivity contribution >= 4 is 0 Å². The van der Waals surface area contributed by atoms with Crippen LogP contribution in [0.4, 0.5) is 0 Å². The maximum atomic E-state index is 5.75. The van der Waals surface area contributed by atoms with E-state index in [1.165, 1.54) is 5.56 Å². The Morgan fingerprint density at radius 3 is 2.73 bits per heavy atom. The highest BCUT2D eigenvalue weighted by Gasteiger charge is 2.07. The van der Waals surface area contributed by atoms with E-state index in [-0.39, 0.29) is 6.10 Å². The minimum absolute atomic E-state index is 0.0436. The molecule has 1 atom stereocenters. The molecule has 0 aromatic heterocycles. The van der Waals surface area contributed by atoms with E-state index in [0.717, 1.165) is 11.3 Å². The molecule has 0 heterocycles. The number of methoxy groups -OCH3 is 1. The molecule has 1 aromatic carbocycles. The van der Waals surface area contributed by atoms with Crippen LogP contribution in [0, 0.1) is 6.92 Å². The van der Waals surface area contributed by atoms with Crippen LogP contribution >= 0.6 is 0 Å². The lowest BCUT2D eigenvalue weighted by Crippen LogP contribution is -2.19. The van der Waals surface area contributed by atoms with Crippen LogP contribution in [0.2, 0.25) is 0 Å². The molecular formula is C12H19NO2. The average molecular weight is 209 g/mol. The molecule has 0 fully saturated rings. The van der Waals surface area contributed by atoms with E-state index in [4.69, 9.17) is 15.2 Å². The summed E-state index contributed by atoms with van der Waals surface area (Å²) in [4.78, 5) is 0. The second-order valence-electron chi connectivity index (χ2n) is 3.70. The lowest BCUT2D eigenvalue weighted by atomic mass is 10.1. The molecule has 0 amide bonds. The van der Waals surface area contributed by atoms with Crippen molar-refractivity contribution in [2.24, 2.45) is 5.73 Å². The third kappa shape index (κ3) is 3.53. The van der Waals surface area contributed by atoms with E-state index in [2.05, 4.69) is 0 Å². The quantitative estimate of drug-likeness (QED) is 0.805. The summed E-state index contributed by atoms with van der Waals surface area (Å²) in [5, 5.41) is 0. The van der Waals surface area contributed by atoms with Crippen molar-refractivity contribution in [3.8, 4) is 5.75 Å². The van der Waals surface area contributed by atoms with Gasteiger partial charge in [-0.25, -0.2) is 0 Å². The van der Waals surface area contributed by atoms with Gasteiger partial charge in [-0.15, -0.1) is 0 Å². The summed E-state index contributed by atoms with van der Waals surface area (Å²) in [6.45, 7) is 5.09. The Kier molecular flexibility index (Phi) is 4.59. The van der Waals surface area contributed by atoms with Gasteiger partial charge in [-0.3, -0.25) is 0 Å². The molecule has 1 aromatic rings.